The minimum Gasteiger partial charge on any atom is -0.497 e. The second kappa shape index (κ2) is 6.80. The molecule has 0 saturated heterocycles. The van der Waals surface area contributed by atoms with E-state index in [9.17, 15) is 9.59 Å². The molecule has 0 aliphatic rings. The second-order valence-electron chi connectivity index (χ2n) is 3.19. The van der Waals surface area contributed by atoms with Crippen LogP contribution >= 0.6 is 11.8 Å². The van der Waals surface area contributed by atoms with Crippen LogP contribution < -0.4 is 15.6 Å². The molecule has 0 heterocycles. The van der Waals surface area contributed by atoms with Gasteiger partial charge in [0.05, 0.1) is 12.9 Å². The lowest BCUT2D eigenvalue weighted by Gasteiger charge is -2.05. The van der Waals surface area contributed by atoms with Gasteiger partial charge >= 0.3 is 0 Å². The molecule has 0 bridgehead atoms. The third kappa shape index (κ3) is 5.26. The Labute approximate surface area is 104 Å². The van der Waals surface area contributed by atoms with Crippen LogP contribution in [0.4, 0.5) is 0 Å². The molecular formula is C11H14N2O3S. The van der Waals surface area contributed by atoms with Crippen LogP contribution in [0.3, 0.4) is 0 Å². The molecule has 0 aliphatic heterocycles. The molecule has 92 valence electrons. The van der Waals surface area contributed by atoms with Crippen LogP contribution in [0.2, 0.25) is 0 Å². The van der Waals surface area contributed by atoms with Gasteiger partial charge in [0.15, 0.2) is 0 Å². The zero-order chi connectivity index (χ0) is 12.7. The highest BCUT2D eigenvalue weighted by atomic mass is 32.2. The van der Waals surface area contributed by atoms with Crippen LogP contribution in [0.15, 0.2) is 29.2 Å². The van der Waals surface area contributed by atoms with Gasteiger partial charge in [-0.3, -0.25) is 20.4 Å². The Morgan fingerprint density at radius 2 is 1.88 bits per heavy atom. The molecule has 5 nitrogen and oxygen atoms in total. The van der Waals surface area contributed by atoms with Gasteiger partial charge in [0.1, 0.15) is 5.75 Å². The summed E-state index contributed by atoms with van der Waals surface area (Å²) in [7, 11) is 1.60. The topological polar surface area (TPSA) is 67.4 Å². The molecular weight excluding hydrogens is 240 g/mol. The number of benzene rings is 1. The minimum atomic E-state index is -0.298. The molecule has 2 N–H and O–H groups in total. The Morgan fingerprint density at radius 3 is 2.41 bits per heavy atom. The summed E-state index contributed by atoms with van der Waals surface area (Å²) < 4.78 is 5.02. The number of nitrogens with one attached hydrogen (secondary N) is 2. The van der Waals surface area contributed by atoms with Crippen molar-refractivity contribution in [2.45, 2.75) is 11.8 Å². The lowest BCUT2D eigenvalue weighted by molar-refractivity contribution is -0.126. The molecule has 0 fully saturated rings. The standard InChI is InChI=1S/C11H14N2O3S/c1-8(14)12-13-11(15)7-17-10-5-3-9(16-2)4-6-10/h3-6H,7H2,1-2H3,(H,12,14)(H,13,15). The predicted molar refractivity (Wildman–Crippen MR) is 65.7 cm³/mol. The number of hydrogen-bond donors (Lipinski definition) is 2. The lowest BCUT2D eigenvalue weighted by atomic mass is 10.3. The molecule has 1 aromatic carbocycles. The van der Waals surface area contributed by atoms with Gasteiger partial charge in [0.2, 0.25) is 11.8 Å². The molecule has 6 heteroatoms. The zero-order valence-corrected chi connectivity index (χ0v) is 10.5. The highest BCUT2D eigenvalue weighted by Gasteiger charge is 2.03. The summed E-state index contributed by atoms with van der Waals surface area (Å²) in [6.07, 6.45) is 0. The van der Waals surface area contributed by atoms with Crippen LogP contribution in [0.5, 0.6) is 5.75 Å². The first-order valence-electron chi connectivity index (χ1n) is 4.94. The van der Waals surface area contributed by atoms with Gasteiger partial charge in [0.25, 0.3) is 0 Å². The van der Waals surface area contributed by atoms with Crippen molar-refractivity contribution >= 4 is 23.6 Å². The van der Waals surface area contributed by atoms with Crippen LogP contribution in [0, 0.1) is 0 Å². The van der Waals surface area contributed by atoms with Crippen LogP contribution in [-0.4, -0.2) is 24.7 Å². The summed E-state index contributed by atoms with van der Waals surface area (Å²) in [5.41, 5.74) is 4.52. The molecule has 2 amide bonds. The normalized spacial score (nSPS) is 9.53. The van der Waals surface area contributed by atoms with Crippen molar-refractivity contribution in [2.75, 3.05) is 12.9 Å². The van der Waals surface area contributed by atoms with Gasteiger partial charge < -0.3 is 4.74 Å². The smallest absolute Gasteiger partial charge is 0.248 e. The van der Waals surface area contributed by atoms with E-state index in [4.69, 9.17) is 4.74 Å². The quantitative estimate of drug-likeness (QED) is 0.620. The molecule has 17 heavy (non-hydrogen) atoms. The van der Waals surface area contributed by atoms with Crippen LogP contribution in [0.25, 0.3) is 0 Å². The SMILES string of the molecule is COc1ccc(SCC(=O)NNC(C)=O)cc1. The Balaban J connectivity index is 2.34. The summed E-state index contributed by atoms with van der Waals surface area (Å²) in [4.78, 5) is 22.8. The molecule has 0 saturated carbocycles. The third-order valence-electron chi connectivity index (χ3n) is 1.81. The fraction of sp³-hybridized carbons (Fsp3) is 0.273. The summed E-state index contributed by atoms with van der Waals surface area (Å²) in [5, 5.41) is 0. The minimum absolute atomic E-state index is 0.243. The number of hydrogen-bond acceptors (Lipinski definition) is 4. The fourth-order valence-electron chi connectivity index (χ4n) is 1.01. The number of rotatable bonds is 4. The molecule has 0 spiro atoms. The van der Waals surface area contributed by atoms with E-state index < -0.39 is 0 Å². The van der Waals surface area contributed by atoms with Crippen molar-refractivity contribution in [2.24, 2.45) is 0 Å². The maximum atomic E-state index is 11.3. The summed E-state index contributed by atoms with van der Waals surface area (Å²) in [6, 6.07) is 7.40. The van der Waals surface area contributed by atoms with Gasteiger partial charge in [0, 0.05) is 11.8 Å². The van der Waals surface area contributed by atoms with E-state index in [2.05, 4.69) is 10.9 Å². The number of amides is 2. The molecule has 0 aliphatic carbocycles. The number of carbonyl (C=O) groups is 2. The molecule has 0 unspecified atom stereocenters. The Morgan fingerprint density at radius 1 is 1.24 bits per heavy atom. The van der Waals surface area contributed by atoms with E-state index in [-0.39, 0.29) is 17.6 Å². The number of hydrazine groups is 1. The maximum Gasteiger partial charge on any atom is 0.248 e. The van der Waals surface area contributed by atoms with E-state index in [1.807, 2.05) is 24.3 Å². The van der Waals surface area contributed by atoms with Crippen LogP contribution in [0.1, 0.15) is 6.92 Å². The molecule has 0 atom stereocenters. The maximum absolute atomic E-state index is 11.3. The Kier molecular flexibility index (Phi) is 5.35. The van der Waals surface area contributed by atoms with Crippen molar-refractivity contribution in [3.05, 3.63) is 24.3 Å². The number of thioether (sulfide) groups is 1. The lowest BCUT2D eigenvalue weighted by Crippen LogP contribution is -2.41. The Bertz CT molecular complexity index is 392. The van der Waals surface area contributed by atoms with Gasteiger partial charge in [-0.2, -0.15) is 0 Å². The van der Waals surface area contributed by atoms with Gasteiger partial charge in [-0.15, -0.1) is 11.8 Å². The number of methoxy groups -OCH3 is 1. The van der Waals surface area contributed by atoms with Crippen molar-refractivity contribution in [3.63, 3.8) is 0 Å². The average molecular weight is 254 g/mol. The predicted octanol–water partition coefficient (Wildman–Crippen LogP) is 0.955. The average Bonchev–Trinajstić information content (AvgIpc) is 2.34. The summed E-state index contributed by atoms with van der Waals surface area (Å²) in [6.45, 7) is 1.33. The van der Waals surface area contributed by atoms with Gasteiger partial charge in [-0.25, -0.2) is 0 Å². The van der Waals surface area contributed by atoms with E-state index >= 15 is 0 Å². The first kappa shape index (κ1) is 13.4. The zero-order valence-electron chi connectivity index (χ0n) is 9.65. The molecule has 1 rings (SSSR count). The number of carbonyl (C=O) groups excluding carboxylic acids is 2. The number of ether oxygens (including phenoxy) is 1. The largest absolute Gasteiger partial charge is 0.497 e. The first-order valence-corrected chi connectivity index (χ1v) is 5.92. The fourth-order valence-corrected chi connectivity index (χ4v) is 1.71. The first-order chi connectivity index (χ1) is 8.11. The molecule has 0 aromatic heterocycles. The van der Waals surface area contributed by atoms with Crippen molar-refractivity contribution < 1.29 is 14.3 Å². The van der Waals surface area contributed by atoms with Crippen molar-refractivity contribution in [1.29, 1.82) is 0 Å². The summed E-state index contributed by atoms with van der Waals surface area (Å²) >= 11 is 1.38. The molecule has 0 radical (unpaired) electrons. The van der Waals surface area contributed by atoms with Crippen molar-refractivity contribution in [1.82, 2.24) is 10.9 Å². The Hall–Kier alpha value is -1.69. The van der Waals surface area contributed by atoms with Gasteiger partial charge in [-0.05, 0) is 24.3 Å². The highest BCUT2D eigenvalue weighted by molar-refractivity contribution is 8.00. The van der Waals surface area contributed by atoms with E-state index in [1.54, 1.807) is 7.11 Å². The summed E-state index contributed by atoms with van der Waals surface area (Å²) in [5.74, 6) is 0.470. The van der Waals surface area contributed by atoms with E-state index in [0.717, 1.165) is 10.6 Å². The third-order valence-corrected chi connectivity index (χ3v) is 2.82. The monoisotopic (exact) mass is 254 g/mol. The van der Waals surface area contributed by atoms with Crippen LogP contribution in [-0.2, 0) is 9.59 Å². The molecule has 1 aromatic rings. The van der Waals surface area contributed by atoms with E-state index in [0.29, 0.717) is 0 Å². The van der Waals surface area contributed by atoms with Crippen molar-refractivity contribution in [3.8, 4) is 5.75 Å². The van der Waals surface area contributed by atoms with E-state index in [1.165, 1.54) is 18.7 Å². The van der Waals surface area contributed by atoms with Gasteiger partial charge in [-0.1, -0.05) is 0 Å². The highest BCUT2D eigenvalue weighted by Crippen LogP contribution is 2.20. The second-order valence-corrected chi connectivity index (χ2v) is 4.24.